The van der Waals surface area contributed by atoms with Gasteiger partial charge in [-0.3, -0.25) is 0 Å². The Morgan fingerprint density at radius 2 is 2.20 bits per heavy atom. The molecular formula is C8H8F2N2O3. The quantitative estimate of drug-likeness (QED) is 0.576. The van der Waals surface area contributed by atoms with E-state index >= 15 is 0 Å². The van der Waals surface area contributed by atoms with Crippen LogP contribution in [0.15, 0.2) is 6.07 Å². The summed E-state index contributed by atoms with van der Waals surface area (Å²) in [7, 11) is 1.16. The zero-order valence-corrected chi connectivity index (χ0v) is 8.03. The van der Waals surface area contributed by atoms with Crippen molar-refractivity contribution < 1.29 is 18.4 Å². The van der Waals surface area contributed by atoms with Crippen LogP contribution in [0.1, 0.15) is 17.7 Å². The molecule has 0 aliphatic rings. The number of hydrogen-bond donors (Lipinski definition) is 0. The predicted octanol–water partition coefficient (Wildman–Crippen LogP) is 2.24. The lowest BCUT2D eigenvalue weighted by molar-refractivity contribution is -0.390. The summed E-state index contributed by atoms with van der Waals surface area (Å²) in [6.45, 7) is 1.29. The topological polar surface area (TPSA) is 65.3 Å². The average molecular weight is 218 g/mol. The van der Waals surface area contributed by atoms with E-state index in [0.29, 0.717) is 0 Å². The van der Waals surface area contributed by atoms with E-state index in [9.17, 15) is 18.9 Å². The zero-order chi connectivity index (χ0) is 11.6. The summed E-state index contributed by atoms with van der Waals surface area (Å²) in [6, 6.07) is 0.936. The number of rotatable bonds is 3. The Balaban J connectivity index is 3.35. The molecule has 1 heterocycles. The molecule has 0 atom stereocenters. The molecule has 0 aliphatic heterocycles. The maximum absolute atomic E-state index is 12.4. The molecule has 0 radical (unpaired) electrons. The summed E-state index contributed by atoms with van der Waals surface area (Å²) in [6.07, 6.45) is -2.73. The van der Waals surface area contributed by atoms with Gasteiger partial charge < -0.3 is 14.9 Å². The molecule has 15 heavy (non-hydrogen) atoms. The Morgan fingerprint density at radius 3 is 2.60 bits per heavy atom. The van der Waals surface area contributed by atoms with Crippen LogP contribution in [-0.4, -0.2) is 17.0 Å². The van der Waals surface area contributed by atoms with Gasteiger partial charge in [0.05, 0.1) is 12.7 Å². The van der Waals surface area contributed by atoms with Gasteiger partial charge in [0.1, 0.15) is 0 Å². The van der Waals surface area contributed by atoms with E-state index in [1.807, 2.05) is 0 Å². The van der Waals surface area contributed by atoms with Crippen LogP contribution < -0.4 is 4.74 Å². The van der Waals surface area contributed by atoms with Crippen molar-refractivity contribution in [2.75, 3.05) is 7.11 Å². The van der Waals surface area contributed by atoms with Gasteiger partial charge in [0.15, 0.2) is 5.69 Å². The molecule has 0 saturated heterocycles. The molecule has 0 spiro atoms. The third-order valence-corrected chi connectivity index (χ3v) is 1.83. The first-order chi connectivity index (χ1) is 6.97. The number of pyridine rings is 1. The summed E-state index contributed by atoms with van der Waals surface area (Å²) in [5.74, 6) is -0.819. The number of ether oxygens (including phenoxy) is 1. The van der Waals surface area contributed by atoms with Crippen molar-refractivity contribution >= 4 is 5.82 Å². The van der Waals surface area contributed by atoms with Crippen LogP contribution in [0.4, 0.5) is 14.6 Å². The SMILES string of the molecule is COc1cc(C(F)F)c(C)nc1[N+](=O)[O-]. The number of nitrogens with zero attached hydrogens (tertiary/aromatic N) is 2. The van der Waals surface area contributed by atoms with Crippen molar-refractivity contribution in [3.05, 3.63) is 27.4 Å². The summed E-state index contributed by atoms with van der Waals surface area (Å²) >= 11 is 0. The van der Waals surface area contributed by atoms with Crippen molar-refractivity contribution in [2.45, 2.75) is 13.3 Å². The molecule has 82 valence electrons. The molecule has 0 aliphatic carbocycles. The molecule has 0 fully saturated rings. The fraction of sp³-hybridized carbons (Fsp3) is 0.375. The second-order valence-electron chi connectivity index (χ2n) is 2.75. The Hall–Kier alpha value is -1.79. The standard InChI is InChI=1S/C8H8F2N2O3/c1-4-5(7(9)10)3-6(15-2)8(11-4)12(13)14/h3,7H,1-2H3. The molecular weight excluding hydrogens is 210 g/mol. The van der Waals surface area contributed by atoms with E-state index in [4.69, 9.17) is 0 Å². The number of aromatic nitrogens is 1. The third-order valence-electron chi connectivity index (χ3n) is 1.83. The number of alkyl halides is 2. The molecule has 0 saturated carbocycles. The van der Waals surface area contributed by atoms with Crippen molar-refractivity contribution in [1.29, 1.82) is 0 Å². The highest BCUT2D eigenvalue weighted by molar-refractivity contribution is 5.44. The van der Waals surface area contributed by atoms with E-state index in [0.717, 1.165) is 13.2 Å². The van der Waals surface area contributed by atoms with Crippen LogP contribution in [-0.2, 0) is 0 Å². The lowest BCUT2D eigenvalue weighted by atomic mass is 10.2. The first kappa shape index (κ1) is 11.3. The Kier molecular flexibility index (Phi) is 3.13. The van der Waals surface area contributed by atoms with Crippen LogP contribution in [0.2, 0.25) is 0 Å². The maximum Gasteiger partial charge on any atom is 0.406 e. The van der Waals surface area contributed by atoms with E-state index in [1.54, 1.807) is 0 Å². The van der Waals surface area contributed by atoms with Crippen molar-refractivity contribution in [1.82, 2.24) is 4.98 Å². The zero-order valence-electron chi connectivity index (χ0n) is 8.03. The molecule has 1 rings (SSSR count). The Labute approximate surface area is 83.8 Å². The highest BCUT2D eigenvalue weighted by atomic mass is 19.3. The highest BCUT2D eigenvalue weighted by Gasteiger charge is 2.24. The molecule has 5 nitrogen and oxygen atoms in total. The lowest BCUT2D eigenvalue weighted by Crippen LogP contribution is -2.02. The predicted molar refractivity (Wildman–Crippen MR) is 47.1 cm³/mol. The van der Waals surface area contributed by atoms with Gasteiger partial charge in [0.2, 0.25) is 5.75 Å². The van der Waals surface area contributed by atoms with Crippen LogP contribution in [0.25, 0.3) is 0 Å². The fourth-order valence-electron chi connectivity index (χ4n) is 1.09. The largest absolute Gasteiger partial charge is 0.489 e. The normalized spacial score (nSPS) is 10.5. The first-order valence-corrected chi connectivity index (χ1v) is 3.95. The van der Waals surface area contributed by atoms with Gasteiger partial charge in [-0.2, -0.15) is 0 Å². The fourth-order valence-corrected chi connectivity index (χ4v) is 1.09. The smallest absolute Gasteiger partial charge is 0.406 e. The van der Waals surface area contributed by atoms with Crippen LogP contribution in [0, 0.1) is 17.0 Å². The number of nitro groups is 1. The highest BCUT2D eigenvalue weighted by Crippen LogP contribution is 2.31. The minimum atomic E-state index is -2.73. The van der Waals surface area contributed by atoms with Crippen LogP contribution in [0.3, 0.4) is 0 Å². The molecule has 7 heteroatoms. The molecule has 0 N–H and O–H groups in total. The molecule has 0 bridgehead atoms. The Bertz CT molecular complexity index is 396. The summed E-state index contributed by atoms with van der Waals surface area (Å²) in [4.78, 5) is 13.2. The van der Waals surface area contributed by atoms with E-state index in [1.165, 1.54) is 6.92 Å². The summed E-state index contributed by atoms with van der Waals surface area (Å²) in [5, 5.41) is 10.5. The molecule has 0 amide bonds. The third kappa shape index (κ3) is 2.17. The Morgan fingerprint density at radius 1 is 1.60 bits per heavy atom. The maximum atomic E-state index is 12.4. The lowest BCUT2D eigenvalue weighted by Gasteiger charge is -2.05. The van der Waals surface area contributed by atoms with Gasteiger partial charge in [0.25, 0.3) is 6.43 Å². The van der Waals surface area contributed by atoms with Crippen LogP contribution >= 0.6 is 0 Å². The van der Waals surface area contributed by atoms with E-state index in [2.05, 4.69) is 9.72 Å². The van der Waals surface area contributed by atoms with Crippen LogP contribution in [0.5, 0.6) is 5.75 Å². The number of halogens is 2. The van der Waals surface area contributed by atoms with Crippen molar-refractivity contribution in [2.24, 2.45) is 0 Å². The van der Waals surface area contributed by atoms with Gasteiger partial charge in [-0.25, -0.2) is 8.78 Å². The molecule has 0 aromatic carbocycles. The summed E-state index contributed by atoms with van der Waals surface area (Å²) < 4.78 is 29.4. The second kappa shape index (κ2) is 4.16. The summed E-state index contributed by atoms with van der Waals surface area (Å²) in [5.41, 5.74) is -0.435. The number of methoxy groups -OCH3 is 1. The van der Waals surface area contributed by atoms with E-state index < -0.39 is 17.2 Å². The molecule has 1 aromatic heterocycles. The van der Waals surface area contributed by atoms with Crippen molar-refractivity contribution in [3.8, 4) is 5.75 Å². The van der Waals surface area contributed by atoms with E-state index in [-0.39, 0.29) is 17.0 Å². The van der Waals surface area contributed by atoms with Crippen molar-refractivity contribution in [3.63, 3.8) is 0 Å². The molecule has 1 aromatic rings. The second-order valence-corrected chi connectivity index (χ2v) is 2.75. The monoisotopic (exact) mass is 218 g/mol. The number of aryl methyl sites for hydroxylation is 1. The average Bonchev–Trinajstić information content (AvgIpc) is 2.16. The van der Waals surface area contributed by atoms with Gasteiger partial charge in [0, 0.05) is 13.0 Å². The minimum Gasteiger partial charge on any atom is -0.489 e. The van der Waals surface area contributed by atoms with Gasteiger partial charge >= 0.3 is 5.82 Å². The van der Waals surface area contributed by atoms with Gasteiger partial charge in [-0.1, -0.05) is 0 Å². The number of hydrogen-bond acceptors (Lipinski definition) is 4. The molecule has 0 unspecified atom stereocenters. The van der Waals surface area contributed by atoms with Gasteiger partial charge in [-0.05, 0) is 9.91 Å². The van der Waals surface area contributed by atoms with Gasteiger partial charge in [-0.15, -0.1) is 0 Å². The first-order valence-electron chi connectivity index (χ1n) is 3.95. The minimum absolute atomic E-state index is 0.0718.